The van der Waals surface area contributed by atoms with Gasteiger partial charge >= 0.3 is 0 Å². The number of benzene rings is 2. The molecule has 0 radical (unpaired) electrons. The molecule has 0 bridgehead atoms. The molecule has 106 valence electrons. The molecule has 2 N–H and O–H groups in total. The van der Waals surface area contributed by atoms with Gasteiger partial charge in [0.2, 0.25) is 0 Å². The van der Waals surface area contributed by atoms with E-state index in [0.717, 1.165) is 6.54 Å². The number of aromatic hydroxyl groups is 2. The van der Waals surface area contributed by atoms with Gasteiger partial charge in [-0.2, -0.15) is 0 Å². The van der Waals surface area contributed by atoms with Crippen LogP contribution in [0.2, 0.25) is 0 Å². The summed E-state index contributed by atoms with van der Waals surface area (Å²) in [7, 11) is 0. The lowest BCUT2D eigenvalue weighted by Crippen LogP contribution is -1.99. The third kappa shape index (κ3) is 2.89. The Labute approximate surface area is 122 Å². The first kappa shape index (κ1) is 13.2. The molecule has 0 saturated carbocycles. The molecule has 0 aliphatic rings. The van der Waals surface area contributed by atoms with Crippen LogP contribution in [0.25, 0.3) is 10.9 Å². The Hall–Kier alpha value is -2.75. The van der Waals surface area contributed by atoms with Crippen molar-refractivity contribution in [3.8, 4) is 11.5 Å². The molecule has 1 heterocycles. The quantitative estimate of drug-likeness (QED) is 0.721. The summed E-state index contributed by atoms with van der Waals surface area (Å²) in [5.74, 6) is 0.0774. The summed E-state index contributed by atoms with van der Waals surface area (Å²) in [5, 5.41) is 20.1. The molecule has 2 aromatic carbocycles. The third-order valence-corrected chi connectivity index (χ3v) is 3.39. The summed E-state index contributed by atoms with van der Waals surface area (Å²) < 4.78 is 2.16. The fourth-order valence-electron chi connectivity index (χ4n) is 2.31. The lowest BCUT2D eigenvalue weighted by Gasteiger charge is -2.03. The molecule has 3 aromatic rings. The van der Waals surface area contributed by atoms with E-state index < -0.39 is 0 Å². The van der Waals surface area contributed by atoms with Crippen LogP contribution in [0.4, 0.5) is 0 Å². The summed E-state index contributed by atoms with van der Waals surface area (Å²) in [6, 6.07) is 14.8. The van der Waals surface area contributed by atoms with E-state index >= 15 is 0 Å². The van der Waals surface area contributed by atoms with E-state index in [1.807, 2.05) is 12.1 Å². The van der Waals surface area contributed by atoms with E-state index in [2.05, 4.69) is 34.0 Å². The molecule has 4 heteroatoms. The highest BCUT2D eigenvalue weighted by molar-refractivity contribution is 5.83. The highest BCUT2D eigenvalue weighted by Gasteiger charge is 2.00. The Morgan fingerprint density at radius 2 is 1.90 bits per heavy atom. The van der Waals surface area contributed by atoms with Crippen LogP contribution in [0.15, 0.2) is 59.7 Å². The van der Waals surface area contributed by atoms with Gasteiger partial charge in [-0.15, -0.1) is 0 Å². The zero-order chi connectivity index (χ0) is 14.7. The minimum Gasteiger partial charge on any atom is -0.508 e. The van der Waals surface area contributed by atoms with Gasteiger partial charge in [-0.25, -0.2) is 0 Å². The van der Waals surface area contributed by atoms with Crippen molar-refractivity contribution in [2.24, 2.45) is 4.99 Å². The highest BCUT2D eigenvalue weighted by atomic mass is 16.3. The highest BCUT2D eigenvalue weighted by Crippen LogP contribution is 2.20. The summed E-state index contributed by atoms with van der Waals surface area (Å²) in [5.41, 5.74) is 1.80. The molecular formula is C17H16N2O2. The molecule has 4 nitrogen and oxygen atoms in total. The Balaban J connectivity index is 1.67. The van der Waals surface area contributed by atoms with E-state index in [0.29, 0.717) is 12.1 Å². The van der Waals surface area contributed by atoms with Gasteiger partial charge in [0.1, 0.15) is 11.5 Å². The van der Waals surface area contributed by atoms with Crippen LogP contribution in [0.5, 0.6) is 11.5 Å². The second kappa shape index (κ2) is 5.71. The van der Waals surface area contributed by atoms with E-state index in [-0.39, 0.29) is 11.5 Å². The number of aromatic nitrogens is 1. The number of hydrogen-bond donors (Lipinski definition) is 2. The van der Waals surface area contributed by atoms with Gasteiger partial charge in [0.15, 0.2) is 0 Å². The predicted octanol–water partition coefficient (Wildman–Crippen LogP) is 3.17. The van der Waals surface area contributed by atoms with Gasteiger partial charge in [0.25, 0.3) is 0 Å². The number of fused-ring (bicyclic) bond motifs is 1. The largest absolute Gasteiger partial charge is 0.508 e. The minimum atomic E-state index is 0.0326. The second-order valence-electron chi connectivity index (χ2n) is 4.85. The maximum Gasteiger partial charge on any atom is 0.128 e. The maximum atomic E-state index is 9.66. The van der Waals surface area contributed by atoms with E-state index in [9.17, 15) is 10.2 Å². The number of hydrogen-bond acceptors (Lipinski definition) is 3. The molecule has 1 aromatic heterocycles. The van der Waals surface area contributed by atoms with Gasteiger partial charge in [-0.3, -0.25) is 4.99 Å². The fourth-order valence-corrected chi connectivity index (χ4v) is 2.31. The van der Waals surface area contributed by atoms with Crippen molar-refractivity contribution in [2.45, 2.75) is 6.54 Å². The first-order valence-corrected chi connectivity index (χ1v) is 6.80. The monoisotopic (exact) mass is 280 g/mol. The lowest BCUT2D eigenvalue weighted by molar-refractivity contribution is 0.450. The lowest BCUT2D eigenvalue weighted by atomic mass is 10.2. The van der Waals surface area contributed by atoms with Crippen molar-refractivity contribution in [3.05, 3.63) is 60.3 Å². The molecule has 0 aliphatic carbocycles. The van der Waals surface area contributed by atoms with Crippen molar-refractivity contribution in [1.82, 2.24) is 4.57 Å². The first-order valence-electron chi connectivity index (χ1n) is 6.80. The number of phenolic OH excluding ortho intramolecular Hbond substituents is 2. The second-order valence-corrected chi connectivity index (χ2v) is 4.85. The van der Waals surface area contributed by atoms with Crippen molar-refractivity contribution < 1.29 is 10.2 Å². The molecule has 0 spiro atoms. The zero-order valence-corrected chi connectivity index (χ0v) is 11.5. The predicted molar refractivity (Wildman–Crippen MR) is 84.2 cm³/mol. The molecule has 0 fully saturated rings. The van der Waals surface area contributed by atoms with E-state index in [1.165, 1.54) is 23.0 Å². The normalized spacial score (nSPS) is 11.4. The molecule has 3 rings (SSSR count). The van der Waals surface area contributed by atoms with Crippen LogP contribution >= 0.6 is 0 Å². The number of para-hydroxylation sites is 1. The number of rotatable bonds is 4. The van der Waals surface area contributed by atoms with Gasteiger partial charge in [0.05, 0.1) is 6.54 Å². The van der Waals surface area contributed by atoms with Crippen molar-refractivity contribution in [2.75, 3.05) is 6.54 Å². The number of phenols is 2. The molecule has 0 amide bonds. The smallest absolute Gasteiger partial charge is 0.128 e. The fraction of sp³-hybridized carbons (Fsp3) is 0.118. The van der Waals surface area contributed by atoms with Crippen LogP contribution in [-0.4, -0.2) is 27.5 Å². The zero-order valence-electron chi connectivity index (χ0n) is 11.5. The Morgan fingerprint density at radius 1 is 1.05 bits per heavy atom. The van der Waals surface area contributed by atoms with Crippen molar-refractivity contribution in [3.63, 3.8) is 0 Å². The number of nitrogens with zero attached hydrogens (tertiary/aromatic N) is 2. The Bertz CT molecular complexity index is 790. The van der Waals surface area contributed by atoms with E-state index in [4.69, 9.17) is 0 Å². The molecular weight excluding hydrogens is 264 g/mol. The van der Waals surface area contributed by atoms with Gasteiger partial charge < -0.3 is 14.8 Å². The minimum absolute atomic E-state index is 0.0326. The molecule has 0 atom stereocenters. The van der Waals surface area contributed by atoms with Crippen LogP contribution in [0, 0.1) is 0 Å². The summed E-state index contributed by atoms with van der Waals surface area (Å²) >= 11 is 0. The topological polar surface area (TPSA) is 57.8 Å². The summed E-state index contributed by atoms with van der Waals surface area (Å²) in [4.78, 5) is 4.33. The van der Waals surface area contributed by atoms with Gasteiger partial charge in [-0.05, 0) is 29.7 Å². The molecule has 21 heavy (non-hydrogen) atoms. The van der Waals surface area contributed by atoms with Crippen LogP contribution < -0.4 is 0 Å². The Morgan fingerprint density at radius 3 is 2.76 bits per heavy atom. The third-order valence-electron chi connectivity index (χ3n) is 3.39. The van der Waals surface area contributed by atoms with Crippen LogP contribution in [0.3, 0.4) is 0 Å². The van der Waals surface area contributed by atoms with Gasteiger partial charge in [0, 0.05) is 36.1 Å². The average molecular weight is 280 g/mol. The summed E-state index contributed by atoms with van der Waals surface area (Å²) in [6.45, 7) is 1.40. The first-order chi connectivity index (χ1) is 10.2. The molecule has 0 unspecified atom stereocenters. The average Bonchev–Trinajstić information content (AvgIpc) is 2.89. The molecule has 0 saturated heterocycles. The summed E-state index contributed by atoms with van der Waals surface area (Å²) in [6.07, 6.45) is 3.68. The standard InChI is InChI=1S/C17H16N2O2/c20-15-6-5-14(17(21)11-15)12-18-8-10-19-9-7-13-3-1-2-4-16(13)19/h1-7,9,11-12,20-21H,8,10H2. The van der Waals surface area contributed by atoms with Crippen molar-refractivity contribution in [1.29, 1.82) is 0 Å². The van der Waals surface area contributed by atoms with E-state index in [1.54, 1.807) is 12.3 Å². The SMILES string of the molecule is Oc1ccc(C=NCCn2ccc3ccccc32)c(O)c1. The van der Waals surface area contributed by atoms with Crippen molar-refractivity contribution >= 4 is 17.1 Å². The van der Waals surface area contributed by atoms with Crippen LogP contribution in [0.1, 0.15) is 5.56 Å². The molecule has 0 aliphatic heterocycles. The number of aliphatic imine (C=N–C) groups is 1. The van der Waals surface area contributed by atoms with Gasteiger partial charge in [-0.1, -0.05) is 18.2 Å². The van der Waals surface area contributed by atoms with Crippen LogP contribution in [-0.2, 0) is 6.54 Å². The Kier molecular flexibility index (Phi) is 3.60. The maximum absolute atomic E-state index is 9.66.